The van der Waals surface area contributed by atoms with Gasteiger partial charge in [0.05, 0.1) is 5.56 Å². The Hall–Kier alpha value is -3.72. The summed E-state index contributed by atoms with van der Waals surface area (Å²) in [5, 5.41) is 8.40. The first-order chi connectivity index (χ1) is 16.2. The van der Waals surface area contributed by atoms with E-state index in [1.165, 1.54) is 12.1 Å². The smallest absolute Gasteiger partial charge is 0.336 e. The average Bonchev–Trinajstić information content (AvgIpc) is 2.82. The fraction of sp³-hybridized carbons (Fsp3) is 0.167. The molecule has 0 spiro atoms. The number of nitrogens with one attached hydrogen (secondary N) is 3. The van der Waals surface area contributed by atoms with Crippen molar-refractivity contribution in [2.75, 3.05) is 23.3 Å². The zero-order chi connectivity index (χ0) is 24.6. The van der Waals surface area contributed by atoms with Crippen LogP contribution in [0.1, 0.15) is 11.1 Å². The predicted molar refractivity (Wildman–Crippen MR) is 126 cm³/mol. The number of carbonyl (C=O) groups is 2. The van der Waals surface area contributed by atoms with Gasteiger partial charge in [-0.3, -0.25) is 4.90 Å². The SMILES string of the molecule is O=C(NCCN(C(=O)Nc1ccc(Cl)cc1)c1cccc(C(F)(F)F)c1)NCc1ccccc1. The summed E-state index contributed by atoms with van der Waals surface area (Å²) >= 11 is 5.85. The van der Waals surface area contributed by atoms with E-state index in [-0.39, 0.29) is 18.8 Å². The first-order valence-electron chi connectivity index (χ1n) is 10.3. The summed E-state index contributed by atoms with van der Waals surface area (Å²) in [7, 11) is 0. The molecule has 0 fully saturated rings. The molecule has 3 aromatic rings. The number of amides is 4. The van der Waals surface area contributed by atoms with E-state index in [4.69, 9.17) is 11.6 Å². The maximum absolute atomic E-state index is 13.2. The first kappa shape index (κ1) is 24.9. The van der Waals surface area contributed by atoms with Gasteiger partial charge in [-0.15, -0.1) is 0 Å². The molecule has 34 heavy (non-hydrogen) atoms. The summed E-state index contributed by atoms with van der Waals surface area (Å²) in [5.74, 6) is 0. The third-order valence-corrected chi connectivity index (χ3v) is 4.99. The van der Waals surface area contributed by atoms with Gasteiger partial charge in [-0.1, -0.05) is 48.0 Å². The Morgan fingerprint density at radius 1 is 0.882 bits per heavy atom. The van der Waals surface area contributed by atoms with Crippen LogP contribution >= 0.6 is 11.6 Å². The molecule has 0 unspecified atom stereocenters. The largest absolute Gasteiger partial charge is 0.416 e. The van der Waals surface area contributed by atoms with Gasteiger partial charge in [0.25, 0.3) is 0 Å². The van der Waals surface area contributed by atoms with Crippen LogP contribution in [0.3, 0.4) is 0 Å². The lowest BCUT2D eigenvalue weighted by Gasteiger charge is -2.24. The molecule has 0 saturated carbocycles. The Kier molecular flexibility index (Phi) is 8.37. The highest BCUT2D eigenvalue weighted by Crippen LogP contribution is 2.31. The van der Waals surface area contributed by atoms with Gasteiger partial charge < -0.3 is 16.0 Å². The number of halogens is 4. The molecule has 0 aliphatic heterocycles. The van der Waals surface area contributed by atoms with Gasteiger partial charge in [0.2, 0.25) is 0 Å². The molecule has 0 aromatic heterocycles. The van der Waals surface area contributed by atoms with E-state index < -0.39 is 23.8 Å². The number of rotatable bonds is 7. The number of urea groups is 2. The lowest BCUT2D eigenvalue weighted by atomic mass is 10.2. The highest BCUT2D eigenvalue weighted by Gasteiger charge is 2.31. The summed E-state index contributed by atoms with van der Waals surface area (Å²) in [6.45, 7) is 0.242. The third-order valence-electron chi connectivity index (χ3n) is 4.74. The molecule has 0 atom stereocenters. The van der Waals surface area contributed by atoms with Gasteiger partial charge in [0, 0.05) is 36.0 Å². The fourth-order valence-electron chi connectivity index (χ4n) is 3.04. The van der Waals surface area contributed by atoms with E-state index in [0.717, 1.165) is 22.6 Å². The topological polar surface area (TPSA) is 73.5 Å². The van der Waals surface area contributed by atoms with Crippen LogP contribution in [0.4, 0.5) is 34.1 Å². The van der Waals surface area contributed by atoms with Crippen molar-refractivity contribution in [1.29, 1.82) is 0 Å². The minimum Gasteiger partial charge on any atom is -0.336 e. The second-order valence-electron chi connectivity index (χ2n) is 7.23. The summed E-state index contributed by atoms with van der Waals surface area (Å²) in [4.78, 5) is 26.2. The molecule has 0 saturated heterocycles. The number of nitrogens with zero attached hydrogens (tertiary/aromatic N) is 1. The van der Waals surface area contributed by atoms with Crippen molar-refractivity contribution in [3.05, 3.63) is 95.0 Å². The van der Waals surface area contributed by atoms with Gasteiger partial charge in [0.15, 0.2) is 0 Å². The Balaban J connectivity index is 1.68. The van der Waals surface area contributed by atoms with Crippen molar-refractivity contribution in [2.24, 2.45) is 0 Å². The molecule has 0 heterocycles. The quantitative estimate of drug-likeness (QED) is 0.386. The van der Waals surface area contributed by atoms with Crippen molar-refractivity contribution >= 4 is 35.0 Å². The van der Waals surface area contributed by atoms with Crippen molar-refractivity contribution < 1.29 is 22.8 Å². The van der Waals surface area contributed by atoms with Gasteiger partial charge in [-0.2, -0.15) is 13.2 Å². The van der Waals surface area contributed by atoms with E-state index in [2.05, 4.69) is 16.0 Å². The fourth-order valence-corrected chi connectivity index (χ4v) is 3.17. The zero-order valence-corrected chi connectivity index (χ0v) is 18.7. The summed E-state index contributed by atoms with van der Waals surface area (Å²) in [6, 6.07) is 18.9. The Bertz CT molecular complexity index is 1110. The Morgan fingerprint density at radius 2 is 1.59 bits per heavy atom. The number of hydrogen-bond donors (Lipinski definition) is 3. The van der Waals surface area contributed by atoms with Crippen molar-refractivity contribution in [1.82, 2.24) is 10.6 Å². The molecule has 4 amide bonds. The van der Waals surface area contributed by atoms with Gasteiger partial charge in [0.1, 0.15) is 0 Å². The van der Waals surface area contributed by atoms with Crippen molar-refractivity contribution in [2.45, 2.75) is 12.7 Å². The van der Waals surface area contributed by atoms with Crippen LogP contribution in [0.5, 0.6) is 0 Å². The molecule has 10 heteroatoms. The van der Waals surface area contributed by atoms with Crippen LogP contribution < -0.4 is 20.9 Å². The molecule has 0 aliphatic rings. The average molecular weight is 491 g/mol. The molecular formula is C24H22ClF3N4O2. The normalized spacial score (nSPS) is 10.9. The predicted octanol–water partition coefficient (Wildman–Crippen LogP) is 5.90. The second kappa shape index (κ2) is 11.4. The number of benzene rings is 3. The van der Waals surface area contributed by atoms with Crippen LogP contribution in [0, 0.1) is 0 Å². The molecule has 178 valence electrons. The molecule has 6 nitrogen and oxygen atoms in total. The summed E-state index contributed by atoms with van der Waals surface area (Å²) in [5.41, 5.74) is 0.473. The molecule has 0 radical (unpaired) electrons. The Morgan fingerprint density at radius 3 is 2.26 bits per heavy atom. The molecule has 3 aromatic carbocycles. The molecule has 0 bridgehead atoms. The van der Waals surface area contributed by atoms with Crippen LogP contribution in [-0.4, -0.2) is 25.2 Å². The molecular weight excluding hydrogens is 469 g/mol. The molecule has 3 rings (SSSR count). The van der Waals surface area contributed by atoms with Gasteiger partial charge in [-0.25, -0.2) is 9.59 Å². The van der Waals surface area contributed by atoms with E-state index in [1.807, 2.05) is 30.3 Å². The number of hydrogen-bond acceptors (Lipinski definition) is 2. The zero-order valence-electron chi connectivity index (χ0n) is 17.9. The minimum absolute atomic E-state index is 0.00487. The maximum Gasteiger partial charge on any atom is 0.416 e. The van der Waals surface area contributed by atoms with Crippen molar-refractivity contribution in [3.8, 4) is 0 Å². The monoisotopic (exact) mass is 490 g/mol. The number of alkyl halides is 3. The standard InChI is InChI=1S/C24H22ClF3N4O2/c25-19-9-11-20(12-10-19)31-23(34)32(21-8-4-7-18(15-21)24(26,27)28)14-13-29-22(33)30-16-17-5-2-1-3-6-17/h1-12,15H,13-14,16H2,(H,31,34)(H2,29,30,33). The Labute approximate surface area is 199 Å². The second-order valence-corrected chi connectivity index (χ2v) is 7.67. The van der Waals surface area contributed by atoms with E-state index in [1.54, 1.807) is 24.3 Å². The number of carbonyl (C=O) groups excluding carboxylic acids is 2. The van der Waals surface area contributed by atoms with Gasteiger partial charge >= 0.3 is 18.2 Å². The van der Waals surface area contributed by atoms with E-state index >= 15 is 0 Å². The minimum atomic E-state index is -4.57. The van der Waals surface area contributed by atoms with Crippen LogP contribution in [0.15, 0.2) is 78.9 Å². The third kappa shape index (κ3) is 7.41. The highest BCUT2D eigenvalue weighted by atomic mass is 35.5. The van der Waals surface area contributed by atoms with Crippen LogP contribution in [-0.2, 0) is 12.7 Å². The summed E-state index contributed by atoms with van der Waals surface area (Å²) < 4.78 is 39.6. The summed E-state index contributed by atoms with van der Waals surface area (Å²) in [6.07, 6.45) is -4.57. The van der Waals surface area contributed by atoms with E-state index in [0.29, 0.717) is 17.3 Å². The van der Waals surface area contributed by atoms with Crippen molar-refractivity contribution in [3.63, 3.8) is 0 Å². The van der Waals surface area contributed by atoms with E-state index in [9.17, 15) is 22.8 Å². The number of anilines is 2. The first-order valence-corrected chi connectivity index (χ1v) is 10.7. The lowest BCUT2D eigenvalue weighted by molar-refractivity contribution is -0.137. The maximum atomic E-state index is 13.2. The molecule has 0 aliphatic carbocycles. The van der Waals surface area contributed by atoms with Crippen LogP contribution in [0.25, 0.3) is 0 Å². The molecule has 3 N–H and O–H groups in total. The highest BCUT2D eigenvalue weighted by molar-refractivity contribution is 6.30. The lowest BCUT2D eigenvalue weighted by Crippen LogP contribution is -2.43. The van der Waals surface area contributed by atoms with Crippen LogP contribution in [0.2, 0.25) is 5.02 Å². The van der Waals surface area contributed by atoms with Gasteiger partial charge in [-0.05, 0) is 48.0 Å².